The predicted molar refractivity (Wildman–Crippen MR) is 49.8 cm³/mol. The molecule has 0 fully saturated rings. The van der Waals surface area contributed by atoms with E-state index in [-0.39, 0.29) is 6.26 Å². The van der Waals surface area contributed by atoms with Crippen molar-refractivity contribution in [3.8, 4) is 0 Å². The Kier molecular flexibility index (Phi) is 3.93. The molecule has 106 valence electrons. The van der Waals surface area contributed by atoms with Crippen molar-refractivity contribution in [3.63, 3.8) is 0 Å². The van der Waals surface area contributed by atoms with Crippen LogP contribution in [0.25, 0.3) is 0 Å². The Morgan fingerprint density at radius 2 is 2.11 bits per heavy atom. The first-order chi connectivity index (χ1) is 8.59. The highest BCUT2D eigenvalue weighted by Gasteiger charge is 2.45. The van der Waals surface area contributed by atoms with Crippen LogP contribution in [0.15, 0.2) is 28.9 Å². The van der Waals surface area contributed by atoms with E-state index in [4.69, 9.17) is 10.2 Å². The minimum absolute atomic E-state index is 0.274. The number of esters is 1. The zero-order chi connectivity index (χ0) is 14.8. The van der Waals surface area contributed by atoms with Gasteiger partial charge in [0.1, 0.15) is 6.26 Å². The van der Waals surface area contributed by atoms with E-state index in [0.29, 0.717) is 0 Å². The Labute approximate surface area is 107 Å². The van der Waals surface area contributed by atoms with Gasteiger partial charge >= 0.3 is 17.3 Å². The van der Waals surface area contributed by atoms with E-state index in [2.05, 4.69) is 25.9 Å². The first-order valence-electron chi connectivity index (χ1n) is 4.15. The number of carbonyl (C=O) groups is 1. The Morgan fingerprint density at radius 3 is 2.58 bits per heavy atom. The third-order valence-electron chi connectivity index (χ3n) is 1.64. The molecule has 1 aliphatic heterocycles. The highest BCUT2D eigenvalue weighted by Crippen LogP contribution is 2.32. The van der Waals surface area contributed by atoms with Crippen molar-refractivity contribution in [3.05, 3.63) is 28.4 Å². The fourth-order valence-corrected chi connectivity index (χ4v) is 0.901. The number of rotatable bonds is 4. The minimum Gasteiger partial charge on any atom is -0.501 e. The smallest absolute Gasteiger partial charge is 0.418 e. The summed E-state index contributed by atoms with van der Waals surface area (Å²) < 4.78 is 32.7. The van der Waals surface area contributed by atoms with E-state index in [1.54, 1.807) is 0 Å². The Morgan fingerprint density at radius 1 is 1.53 bits per heavy atom. The highest BCUT2D eigenvalue weighted by molar-refractivity contribution is 6.31. The topological polar surface area (TPSA) is 135 Å². The van der Waals surface area contributed by atoms with Crippen molar-refractivity contribution in [2.45, 2.75) is 11.4 Å². The van der Waals surface area contributed by atoms with Crippen molar-refractivity contribution in [1.29, 1.82) is 0 Å². The van der Waals surface area contributed by atoms with Crippen molar-refractivity contribution in [2.75, 3.05) is 0 Å². The minimum atomic E-state index is -4.47. The van der Waals surface area contributed by atoms with Crippen molar-refractivity contribution in [2.24, 2.45) is 5.34 Å². The summed E-state index contributed by atoms with van der Waals surface area (Å²) in [7, 11) is 0. The Bertz CT molecular complexity index is 468. The second kappa shape index (κ2) is 4.95. The molecule has 3 N–H and O–H groups in total. The number of hydrogen-bond acceptors (Lipinski definition) is 9. The molecular weight excluding hydrogens is 300 g/mol. The fraction of sp³-hybridized carbons (Fsp3) is 0.286. The molecule has 0 atom stereocenters. The maximum Gasteiger partial charge on any atom is 0.418 e. The molecule has 1 rings (SSSR count). The summed E-state index contributed by atoms with van der Waals surface area (Å²) in [6.07, 6.45) is 0.274. The van der Waals surface area contributed by atoms with Gasteiger partial charge in [-0.1, -0.05) is 0 Å². The van der Waals surface area contributed by atoms with Crippen LogP contribution in [0.2, 0.25) is 0 Å². The molecule has 1 aliphatic rings. The average molecular weight is 304 g/mol. The Balaban J connectivity index is 3.12. The lowest BCUT2D eigenvalue weighted by atomic mass is 10.3. The van der Waals surface area contributed by atoms with Gasteiger partial charge in [-0.05, 0) is 11.6 Å². The van der Waals surface area contributed by atoms with E-state index < -0.39 is 34.6 Å². The van der Waals surface area contributed by atoms with Gasteiger partial charge in [0, 0.05) is 0 Å². The van der Waals surface area contributed by atoms with Gasteiger partial charge in [0.2, 0.25) is 17.3 Å². The molecule has 0 aromatic heterocycles. The lowest BCUT2D eigenvalue weighted by Crippen LogP contribution is -2.38. The summed E-state index contributed by atoms with van der Waals surface area (Å²) in [5.41, 5.74) is 0. The maximum absolute atomic E-state index is 12.4. The van der Waals surface area contributed by atoms with E-state index >= 15 is 0 Å². The molecule has 1 heterocycles. The molecule has 19 heavy (non-hydrogen) atoms. The molecule has 0 saturated heterocycles. The number of nitrogens with zero attached hydrogens (tertiary/aromatic N) is 1. The lowest BCUT2D eigenvalue weighted by Gasteiger charge is -2.25. The standard InChI is InChI=1S/C7H4ClF2NO8/c8-6(9,10)5(13)18-3-2(19-11-16)1-17-7(14,15)4(3)12/h1,12,14-15H. The summed E-state index contributed by atoms with van der Waals surface area (Å²) in [6, 6.07) is 0. The summed E-state index contributed by atoms with van der Waals surface area (Å²) in [5, 5.41) is 24.6. The van der Waals surface area contributed by atoms with Gasteiger partial charge in [-0.25, -0.2) is 4.79 Å². The maximum atomic E-state index is 12.4. The number of halogens is 3. The SMILES string of the molecule is O=NOC1=COC(O)(O)C(O)=C1OC(=O)C(F)(F)Cl. The largest absolute Gasteiger partial charge is 0.501 e. The molecule has 0 bridgehead atoms. The molecular formula is C7H4ClF2NO8. The number of aliphatic hydroxyl groups excluding tert-OH is 1. The van der Waals surface area contributed by atoms with Crippen LogP contribution in [-0.4, -0.2) is 32.6 Å². The van der Waals surface area contributed by atoms with Crippen LogP contribution >= 0.6 is 11.6 Å². The second-order valence-corrected chi connectivity index (χ2v) is 3.41. The first-order valence-corrected chi connectivity index (χ1v) is 4.53. The number of ether oxygens (including phenoxy) is 2. The summed E-state index contributed by atoms with van der Waals surface area (Å²) in [6.45, 7) is 0. The molecule has 0 amide bonds. The molecule has 0 aromatic carbocycles. The second-order valence-electron chi connectivity index (χ2n) is 2.94. The van der Waals surface area contributed by atoms with Crippen LogP contribution < -0.4 is 0 Å². The van der Waals surface area contributed by atoms with E-state index in [1.165, 1.54) is 0 Å². The van der Waals surface area contributed by atoms with Crippen LogP contribution in [0.5, 0.6) is 0 Å². The molecule has 0 radical (unpaired) electrons. The quantitative estimate of drug-likeness (QED) is 0.222. The molecule has 0 aromatic rings. The molecule has 0 aliphatic carbocycles. The number of aliphatic hydroxyl groups is 3. The third-order valence-corrected chi connectivity index (χ3v) is 1.79. The van der Waals surface area contributed by atoms with Crippen LogP contribution in [0.3, 0.4) is 0 Å². The van der Waals surface area contributed by atoms with Crippen LogP contribution in [-0.2, 0) is 19.1 Å². The summed E-state index contributed by atoms with van der Waals surface area (Å²) in [4.78, 5) is 24.5. The first kappa shape index (κ1) is 15.1. The lowest BCUT2D eigenvalue weighted by molar-refractivity contribution is -0.307. The average Bonchev–Trinajstić information content (AvgIpc) is 2.27. The van der Waals surface area contributed by atoms with E-state index in [1.807, 2.05) is 5.34 Å². The van der Waals surface area contributed by atoms with Crippen molar-refractivity contribution < 1.29 is 43.2 Å². The van der Waals surface area contributed by atoms with E-state index in [0.717, 1.165) is 0 Å². The summed E-state index contributed by atoms with van der Waals surface area (Å²) in [5.74, 6) is -9.70. The number of carbonyl (C=O) groups excluding carboxylic acids is 1. The molecule has 0 saturated carbocycles. The van der Waals surface area contributed by atoms with Crippen molar-refractivity contribution in [1.82, 2.24) is 0 Å². The zero-order valence-electron chi connectivity index (χ0n) is 8.54. The Hall–Kier alpha value is -1.98. The zero-order valence-corrected chi connectivity index (χ0v) is 9.30. The molecule has 0 spiro atoms. The third kappa shape index (κ3) is 3.27. The monoisotopic (exact) mass is 303 g/mol. The van der Waals surface area contributed by atoms with Gasteiger partial charge in [-0.2, -0.15) is 8.78 Å². The van der Waals surface area contributed by atoms with Crippen LogP contribution in [0.1, 0.15) is 0 Å². The van der Waals surface area contributed by atoms with Gasteiger partial charge in [0.15, 0.2) is 5.34 Å². The van der Waals surface area contributed by atoms with Gasteiger partial charge in [-0.3, -0.25) is 0 Å². The number of alkyl halides is 3. The normalized spacial score (nSPS) is 18.3. The van der Waals surface area contributed by atoms with Crippen molar-refractivity contribution >= 4 is 17.6 Å². The van der Waals surface area contributed by atoms with E-state index in [9.17, 15) is 23.6 Å². The van der Waals surface area contributed by atoms with Gasteiger partial charge in [-0.15, -0.1) is 4.91 Å². The number of hydrogen-bond donors (Lipinski definition) is 3. The van der Waals surface area contributed by atoms with Gasteiger partial charge < -0.3 is 29.6 Å². The molecule has 12 heteroatoms. The van der Waals surface area contributed by atoms with Gasteiger partial charge in [0.05, 0.1) is 0 Å². The molecule has 9 nitrogen and oxygen atoms in total. The fourth-order valence-electron chi connectivity index (χ4n) is 0.862. The molecule has 0 unspecified atom stereocenters. The highest BCUT2D eigenvalue weighted by atomic mass is 35.5. The predicted octanol–water partition coefficient (Wildman–Crippen LogP) is 0.339. The van der Waals surface area contributed by atoms with Crippen LogP contribution in [0.4, 0.5) is 8.78 Å². The van der Waals surface area contributed by atoms with Gasteiger partial charge in [0.25, 0.3) is 0 Å². The summed E-state index contributed by atoms with van der Waals surface area (Å²) >= 11 is 4.33. The van der Waals surface area contributed by atoms with Crippen LogP contribution in [0, 0.1) is 4.91 Å².